The zero-order valence-corrected chi connectivity index (χ0v) is 18.0. The zero-order valence-electron chi connectivity index (χ0n) is 18.0. The van der Waals surface area contributed by atoms with E-state index in [4.69, 9.17) is 0 Å². The van der Waals surface area contributed by atoms with Crippen LogP contribution >= 0.6 is 0 Å². The topological polar surface area (TPSA) is 77.2 Å². The fourth-order valence-corrected chi connectivity index (χ4v) is 4.25. The molecule has 2 heterocycles. The summed E-state index contributed by atoms with van der Waals surface area (Å²) in [4.78, 5) is 30.4. The minimum atomic E-state index is -0.595. The van der Waals surface area contributed by atoms with E-state index in [1.54, 1.807) is 0 Å². The number of hydrogen-bond donors (Lipinski definition) is 3. The van der Waals surface area contributed by atoms with E-state index in [1.807, 2.05) is 30.5 Å². The Balaban J connectivity index is 1.66. The molecule has 3 rings (SSSR count). The Morgan fingerprint density at radius 2 is 2.07 bits per heavy atom. The lowest BCUT2D eigenvalue weighted by molar-refractivity contribution is -0.128. The molecule has 0 spiro atoms. The van der Waals surface area contributed by atoms with Gasteiger partial charge in [-0.2, -0.15) is 0 Å². The molecule has 0 saturated carbocycles. The minimum absolute atomic E-state index is 0.119. The monoisotopic (exact) mass is 398 g/mol. The van der Waals surface area contributed by atoms with Crippen molar-refractivity contribution in [2.45, 2.75) is 58.5 Å². The molecule has 158 valence electrons. The van der Waals surface area contributed by atoms with Crippen molar-refractivity contribution in [3.8, 4) is 0 Å². The number of hydrogen-bond acceptors (Lipinski definition) is 3. The average molecular weight is 399 g/mol. The van der Waals surface area contributed by atoms with E-state index in [2.05, 4.69) is 41.3 Å². The van der Waals surface area contributed by atoms with Crippen molar-refractivity contribution in [3.63, 3.8) is 0 Å². The van der Waals surface area contributed by atoms with Gasteiger partial charge in [0.25, 0.3) is 0 Å². The predicted octanol–water partition coefficient (Wildman–Crippen LogP) is 2.84. The number of aromatic nitrogens is 1. The summed E-state index contributed by atoms with van der Waals surface area (Å²) in [7, 11) is 0. The number of likely N-dealkylation sites (tertiary alicyclic amines) is 1. The molecule has 0 radical (unpaired) electrons. The molecule has 2 aromatic rings. The lowest BCUT2D eigenvalue weighted by Gasteiger charge is -2.43. The highest BCUT2D eigenvalue weighted by Gasteiger charge is 2.31. The van der Waals surface area contributed by atoms with Gasteiger partial charge in [-0.3, -0.25) is 14.5 Å². The van der Waals surface area contributed by atoms with Crippen LogP contribution in [0.15, 0.2) is 30.5 Å². The Morgan fingerprint density at radius 3 is 2.79 bits per heavy atom. The van der Waals surface area contributed by atoms with E-state index in [0.29, 0.717) is 18.9 Å². The summed E-state index contributed by atoms with van der Waals surface area (Å²) in [5, 5.41) is 7.00. The minimum Gasteiger partial charge on any atom is -0.361 e. The smallest absolute Gasteiger partial charge is 0.242 e. The van der Waals surface area contributed by atoms with Gasteiger partial charge in [0.1, 0.15) is 6.04 Å². The van der Waals surface area contributed by atoms with Crippen molar-refractivity contribution in [1.29, 1.82) is 0 Å². The second kappa shape index (κ2) is 8.99. The summed E-state index contributed by atoms with van der Waals surface area (Å²) in [5.74, 6) is 0.352. The van der Waals surface area contributed by atoms with Crippen LogP contribution < -0.4 is 10.6 Å². The molecule has 1 aliphatic rings. The number of nitrogens with one attached hydrogen (secondary N) is 3. The largest absolute Gasteiger partial charge is 0.361 e. The summed E-state index contributed by atoms with van der Waals surface area (Å²) in [5.41, 5.74) is 1.94. The van der Waals surface area contributed by atoms with Crippen molar-refractivity contribution >= 4 is 22.7 Å². The third kappa shape index (κ3) is 5.38. The van der Waals surface area contributed by atoms with Crippen LogP contribution in [0.3, 0.4) is 0 Å². The first-order chi connectivity index (χ1) is 13.8. The molecule has 1 saturated heterocycles. The third-order valence-corrected chi connectivity index (χ3v) is 6.00. The molecule has 2 amide bonds. The summed E-state index contributed by atoms with van der Waals surface area (Å²) in [6.07, 6.45) is 4.85. The summed E-state index contributed by atoms with van der Waals surface area (Å²) in [6.45, 7) is 10.8. The van der Waals surface area contributed by atoms with E-state index in [-0.39, 0.29) is 17.4 Å². The maximum absolute atomic E-state index is 13.0. The van der Waals surface area contributed by atoms with Crippen molar-refractivity contribution in [2.24, 2.45) is 5.92 Å². The van der Waals surface area contributed by atoms with Crippen LogP contribution in [0.4, 0.5) is 0 Å². The number of piperidine rings is 1. The first-order valence-electron chi connectivity index (χ1n) is 10.6. The quantitative estimate of drug-likeness (QED) is 0.671. The highest BCUT2D eigenvalue weighted by atomic mass is 16.2. The van der Waals surface area contributed by atoms with Crippen LogP contribution in [0.25, 0.3) is 10.9 Å². The van der Waals surface area contributed by atoms with Crippen LogP contribution in [0, 0.1) is 5.92 Å². The van der Waals surface area contributed by atoms with Crippen LogP contribution in [0.1, 0.15) is 46.1 Å². The van der Waals surface area contributed by atoms with E-state index in [9.17, 15) is 9.59 Å². The van der Waals surface area contributed by atoms with E-state index < -0.39 is 6.04 Å². The van der Waals surface area contributed by atoms with Crippen molar-refractivity contribution in [1.82, 2.24) is 20.5 Å². The molecular weight excluding hydrogens is 364 g/mol. The molecule has 2 atom stereocenters. The molecule has 6 nitrogen and oxygen atoms in total. The molecule has 1 aromatic carbocycles. The number of carbonyl (C=O) groups excluding carboxylic acids is 2. The number of nitrogens with zero attached hydrogens (tertiary/aromatic N) is 1. The SMILES string of the molecule is CC(=O)NC(Cc1c[nH]c2ccccc12)C(=O)NCC(C)(C)N1CCCC(C)C1. The molecule has 1 aliphatic heterocycles. The molecule has 3 N–H and O–H groups in total. The van der Waals surface area contributed by atoms with Crippen molar-refractivity contribution in [2.75, 3.05) is 19.6 Å². The van der Waals surface area contributed by atoms with Crippen LogP contribution in [0.2, 0.25) is 0 Å². The summed E-state index contributed by atoms with van der Waals surface area (Å²) >= 11 is 0. The van der Waals surface area contributed by atoms with Gasteiger partial charge < -0.3 is 15.6 Å². The number of fused-ring (bicyclic) bond motifs is 1. The average Bonchev–Trinajstić information content (AvgIpc) is 3.08. The van der Waals surface area contributed by atoms with Gasteiger partial charge in [0, 0.05) is 49.1 Å². The van der Waals surface area contributed by atoms with Crippen molar-refractivity contribution in [3.05, 3.63) is 36.0 Å². The van der Waals surface area contributed by atoms with E-state index >= 15 is 0 Å². The number of aromatic amines is 1. The standard InChI is InChI=1S/C23H34N4O2/c1-16-8-7-11-27(14-16)23(3,4)15-25-22(29)21(26-17(2)28)12-18-13-24-20-10-6-5-9-19(18)20/h5-6,9-10,13,16,21,24H,7-8,11-12,14-15H2,1-4H3,(H,25,29)(H,26,28). The number of carbonyl (C=O) groups is 2. The zero-order chi connectivity index (χ0) is 21.0. The molecule has 2 unspecified atom stereocenters. The predicted molar refractivity (Wildman–Crippen MR) is 117 cm³/mol. The maximum Gasteiger partial charge on any atom is 0.242 e. The van der Waals surface area contributed by atoms with E-state index in [0.717, 1.165) is 29.6 Å². The fraction of sp³-hybridized carbons (Fsp3) is 0.565. The second-order valence-corrected chi connectivity index (χ2v) is 9.04. The Labute approximate surface area is 173 Å². The van der Waals surface area contributed by atoms with Gasteiger partial charge in [-0.15, -0.1) is 0 Å². The molecule has 29 heavy (non-hydrogen) atoms. The molecule has 1 fully saturated rings. The van der Waals surface area contributed by atoms with Crippen LogP contribution in [-0.2, 0) is 16.0 Å². The molecule has 6 heteroatoms. The Bertz CT molecular complexity index is 857. The van der Waals surface area contributed by atoms with Crippen molar-refractivity contribution < 1.29 is 9.59 Å². The van der Waals surface area contributed by atoms with Gasteiger partial charge in [0.15, 0.2) is 0 Å². The highest BCUT2D eigenvalue weighted by Crippen LogP contribution is 2.23. The van der Waals surface area contributed by atoms with Gasteiger partial charge in [-0.25, -0.2) is 0 Å². The van der Waals surface area contributed by atoms with Gasteiger partial charge in [-0.05, 0) is 50.8 Å². The van der Waals surface area contributed by atoms with Gasteiger partial charge in [0.05, 0.1) is 0 Å². The van der Waals surface area contributed by atoms with E-state index in [1.165, 1.54) is 19.8 Å². The Morgan fingerprint density at radius 1 is 1.31 bits per heavy atom. The Hall–Kier alpha value is -2.34. The maximum atomic E-state index is 13.0. The summed E-state index contributed by atoms with van der Waals surface area (Å²) < 4.78 is 0. The summed E-state index contributed by atoms with van der Waals surface area (Å²) in [6, 6.07) is 7.40. The Kier molecular flexibility index (Phi) is 6.63. The molecular formula is C23H34N4O2. The van der Waals surface area contributed by atoms with Gasteiger partial charge in [0.2, 0.25) is 11.8 Å². The number of rotatable bonds is 7. The normalized spacial score (nSPS) is 19.1. The highest BCUT2D eigenvalue weighted by molar-refractivity contribution is 5.89. The molecule has 0 bridgehead atoms. The van der Waals surface area contributed by atoms with Crippen LogP contribution in [-0.4, -0.2) is 52.9 Å². The van der Waals surface area contributed by atoms with Gasteiger partial charge >= 0.3 is 0 Å². The number of amides is 2. The third-order valence-electron chi connectivity index (χ3n) is 6.00. The second-order valence-electron chi connectivity index (χ2n) is 9.04. The molecule has 1 aromatic heterocycles. The number of H-pyrrole nitrogens is 1. The number of para-hydroxylation sites is 1. The first kappa shape index (κ1) is 21.4. The lowest BCUT2D eigenvalue weighted by Crippen LogP contribution is -2.57. The fourth-order valence-electron chi connectivity index (χ4n) is 4.25. The molecule has 0 aliphatic carbocycles. The van der Waals surface area contributed by atoms with Gasteiger partial charge in [-0.1, -0.05) is 25.1 Å². The van der Waals surface area contributed by atoms with Crippen LogP contribution in [0.5, 0.6) is 0 Å². The first-order valence-corrected chi connectivity index (χ1v) is 10.6. The lowest BCUT2D eigenvalue weighted by atomic mass is 9.93. The number of benzene rings is 1.